The molecule has 8 atom stereocenters. The van der Waals surface area contributed by atoms with Gasteiger partial charge in [0.2, 0.25) is 6.29 Å². The summed E-state index contributed by atoms with van der Waals surface area (Å²) in [6, 6.07) is 3.23. The van der Waals surface area contributed by atoms with Crippen molar-refractivity contribution in [1.82, 2.24) is 0 Å². The van der Waals surface area contributed by atoms with Crippen molar-refractivity contribution < 1.29 is 69.1 Å². The summed E-state index contributed by atoms with van der Waals surface area (Å²) in [5.41, 5.74) is -0.408. The topological polar surface area (TPSA) is 230 Å². The molecule has 1 saturated heterocycles. The van der Waals surface area contributed by atoms with Gasteiger partial charge in [-0.2, -0.15) is 0 Å². The molecule has 4 rings (SSSR count). The lowest BCUT2D eigenvalue weighted by atomic mass is 9.83. The van der Waals surface area contributed by atoms with Gasteiger partial charge in [-0.1, -0.05) is 0 Å². The number of aliphatic hydroxyl groups is 4. The third-order valence-corrected chi connectivity index (χ3v) is 6.32. The van der Waals surface area contributed by atoms with Crippen LogP contribution in [0, 0.1) is 11.8 Å². The first-order valence-corrected chi connectivity index (χ1v) is 11.0. The number of allylic oxidation sites excluding steroid dienone is 1. The highest BCUT2D eigenvalue weighted by atomic mass is 16.8. The number of benzene rings is 1. The molecular formula is C23H24O14. The average Bonchev–Trinajstić information content (AvgIpc) is 3.20. The fourth-order valence-electron chi connectivity index (χ4n) is 4.37. The molecule has 0 unspecified atom stereocenters. The molecule has 0 saturated carbocycles. The summed E-state index contributed by atoms with van der Waals surface area (Å²) < 4.78 is 21.5. The molecule has 0 amide bonds. The lowest BCUT2D eigenvalue weighted by Crippen LogP contribution is -2.60. The number of phenolic OH excluding ortho intramolecular Hbond substituents is 2. The van der Waals surface area contributed by atoms with Gasteiger partial charge in [-0.3, -0.25) is 4.79 Å². The predicted octanol–water partition coefficient (Wildman–Crippen LogP) is -1.86. The quantitative estimate of drug-likeness (QED) is 0.153. The summed E-state index contributed by atoms with van der Waals surface area (Å²) in [4.78, 5) is 36.9. The fraction of sp³-hybridized carbons (Fsp3) is 0.435. The second kappa shape index (κ2) is 10.5. The van der Waals surface area contributed by atoms with Crippen LogP contribution in [-0.4, -0.2) is 104 Å². The Balaban J connectivity index is 1.55. The van der Waals surface area contributed by atoms with E-state index >= 15 is 0 Å². The highest BCUT2D eigenvalue weighted by molar-refractivity contribution is 6.04. The van der Waals surface area contributed by atoms with E-state index in [9.17, 15) is 50.1 Å². The van der Waals surface area contributed by atoms with Crippen LogP contribution in [0.15, 0.2) is 41.7 Å². The Morgan fingerprint density at radius 2 is 1.73 bits per heavy atom. The Kier molecular flexibility index (Phi) is 7.49. The molecule has 0 aromatic heterocycles. The zero-order valence-electron chi connectivity index (χ0n) is 18.9. The second-order valence-corrected chi connectivity index (χ2v) is 8.62. The molecule has 14 nitrogen and oxygen atoms in total. The molecule has 1 aliphatic carbocycles. The largest absolute Gasteiger partial charge is 0.504 e. The molecule has 1 aromatic rings. The van der Waals surface area contributed by atoms with Crippen LogP contribution in [0.25, 0.3) is 0 Å². The van der Waals surface area contributed by atoms with E-state index in [1.807, 2.05) is 0 Å². The smallest absolute Gasteiger partial charge is 0.338 e. The molecule has 0 spiro atoms. The van der Waals surface area contributed by atoms with Crippen LogP contribution >= 0.6 is 0 Å². The maximum atomic E-state index is 12.7. The normalized spacial score (nSPS) is 33.1. The first-order valence-electron chi connectivity index (χ1n) is 11.0. The fourth-order valence-corrected chi connectivity index (χ4v) is 4.37. The second-order valence-electron chi connectivity index (χ2n) is 8.62. The minimum atomic E-state index is -1.80. The van der Waals surface area contributed by atoms with Crippen LogP contribution in [0.4, 0.5) is 0 Å². The molecular weight excluding hydrogens is 500 g/mol. The van der Waals surface area contributed by atoms with Crippen molar-refractivity contribution in [3.63, 3.8) is 0 Å². The third-order valence-electron chi connectivity index (χ3n) is 6.32. The average molecular weight is 524 g/mol. The van der Waals surface area contributed by atoms with Gasteiger partial charge < -0.3 is 54.7 Å². The molecule has 14 heteroatoms. The number of aliphatic carboxylic acids is 1. The number of carboxylic acid groups (broad SMARTS) is 1. The molecule has 0 radical (unpaired) electrons. The van der Waals surface area contributed by atoms with Crippen LogP contribution in [-0.2, 0) is 28.5 Å². The lowest BCUT2D eigenvalue weighted by molar-refractivity contribution is -0.339. The van der Waals surface area contributed by atoms with Gasteiger partial charge in [0, 0.05) is 0 Å². The van der Waals surface area contributed by atoms with E-state index in [1.165, 1.54) is 6.07 Å². The Labute approximate surface area is 208 Å². The van der Waals surface area contributed by atoms with Crippen molar-refractivity contribution in [2.45, 2.75) is 37.0 Å². The van der Waals surface area contributed by atoms with Gasteiger partial charge in [-0.05, 0) is 29.8 Å². The first kappa shape index (κ1) is 26.5. The number of esters is 1. The van der Waals surface area contributed by atoms with Crippen LogP contribution in [0.5, 0.6) is 11.5 Å². The molecule has 1 fully saturated rings. The first-order chi connectivity index (χ1) is 17.5. The van der Waals surface area contributed by atoms with Crippen LogP contribution in [0.1, 0.15) is 10.4 Å². The maximum Gasteiger partial charge on any atom is 0.338 e. The van der Waals surface area contributed by atoms with E-state index in [0.717, 1.165) is 24.5 Å². The number of carboxylic acids is 1. The van der Waals surface area contributed by atoms with E-state index in [4.69, 9.17) is 18.9 Å². The Morgan fingerprint density at radius 1 is 1.00 bits per heavy atom. The summed E-state index contributed by atoms with van der Waals surface area (Å²) in [5.74, 6) is -6.48. The van der Waals surface area contributed by atoms with Gasteiger partial charge in [0.15, 0.2) is 23.6 Å². The van der Waals surface area contributed by atoms with Gasteiger partial charge in [0.25, 0.3) is 0 Å². The number of hydrogen-bond acceptors (Lipinski definition) is 13. The van der Waals surface area contributed by atoms with Crippen molar-refractivity contribution in [1.29, 1.82) is 0 Å². The number of fused-ring (bicyclic) bond motifs is 1. The Hall–Kier alpha value is -3.53. The summed E-state index contributed by atoms with van der Waals surface area (Å²) in [5, 5.41) is 68.2. The van der Waals surface area contributed by atoms with E-state index in [-0.39, 0.29) is 11.1 Å². The van der Waals surface area contributed by atoms with Crippen molar-refractivity contribution >= 4 is 17.7 Å². The minimum Gasteiger partial charge on any atom is -0.504 e. The number of ether oxygens (including phenoxy) is 4. The van der Waals surface area contributed by atoms with Crippen LogP contribution in [0.3, 0.4) is 0 Å². The van der Waals surface area contributed by atoms with Crippen molar-refractivity contribution in [3.05, 3.63) is 47.2 Å². The zero-order valence-corrected chi connectivity index (χ0v) is 18.9. The number of rotatable bonds is 7. The van der Waals surface area contributed by atoms with Crippen LogP contribution in [0.2, 0.25) is 0 Å². The SMILES string of the molecule is O=C(O)C1=CO[C@H](O[C@@H]2O[C@H](CO)[C@@H](O)[C@H](O)[C@H]2O)[C@H]2C(COC(=O)c3ccc(O)c(O)c3)=CC(=O)[C@@H]12. The summed E-state index contributed by atoms with van der Waals surface area (Å²) in [6.07, 6.45) is -7.75. The van der Waals surface area contributed by atoms with Gasteiger partial charge in [-0.15, -0.1) is 0 Å². The third kappa shape index (κ3) is 5.02. The zero-order chi connectivity index (χ0) is 27.0. The number of carbonyl (C=O) groups excluding carboxylic acids is 2. The number of aromatic hydroxyl groups is 2. The predicted molar refractivity (Wildman–Crippen MR) is 116 cm³/mol. The van der Waals surface area contributed by atoms with Gasteiger partial charge in [0.1, 0.15) is 31.0 Å². The summed E-state index contributed by atoms with van der Waals surface area (Å²) in [7, 11) is 0. The molecule has 1 aromatic carbocycles. The standard InChI is InChI=1S/C23H24O14/c24-5-14-17(28)18(29)19(30)23(36-14)37-22-15-9(4-13(27)16(15)10(7-35-22)20(31)32)6-34-21(33)8-1-2-11(25)12(26)3-8/h1-4,7,14-19,22-26,28-30H,5-6H2,(H,31,32)/t14-,15+,16-,17-,18+,19-,22-,23+/m1/s1. The molecule has 2 heterocycles. The van der Waals surface area contributed by atoms with E-state index in [0.29, 0.717) is 0 Å². The maximum absolute atomic E-state index is 12.7. The van der Waals surface area contributed by atoms with Gasteiger partial charge in [-0.25, -0.2) is 9.59 Å². The van der Waals surface area contributed by atoms with Crippen molar-refractivity contribution in [2.24, 2.45) is 11.8 Å². The summed E-state index contributed by atoms with van der Waals surface area (Å²) >= 11 is 0. The van der Waals surface area contributed by atoms with E-state index in [1.54, 1.807) is 0 Å². The Morgan fingerprint density at radius 3 is 2.38 bits per heavy atom. The van der Waals surface area contributed by atoms with Gasteiger partial charge >= 0.3 is 11.9 Å². The molecule has 37 heavy (non-hydrogen) atoms. The van der Waals surface area contributed by atoms with E-state index in [2.05, 4.69) is 0 Å². The van der Waals surface area contributed by atoms with Crippen molar-refractivity contribution in [3.8, 4) is 11.5 Å². The van der Waals surface area contributed by atoms with E-state index < -0.39 is 96.8 Å². The van der Waals surface area contributed by atoms with Crippen LogP contribution < -0.4 is 0 Å². The number of phenols is 2. The molecule has 7 N–H and O–H groups in total. The number of ketones is 1. The molecule has 2 aliphatic heterocycles. The number of aliphatic hydroxyl groups excluding tert-OH is 4. The highest BCUT2D eigenvalue weighted by Crippen LogP contribution is 2.43. The monoisotopic (exact) mass is 524 g/mol. The number of hydrogen-bond donors (Lipinski definition) is 7. The molecule has 3 aliphatic rings. The molecule has 200 valence electrons. The van der Waals surface area contributed by atoms with Gasteiger partial charge in [0.05, 0.1) is 35.8 Å². The molecule has 0 bridgehead atoms. The minimum absolute atomic E-state index is 0.104. The van der Waals surface area contributed by atoms with Crippen molar-refractivity contribution in [2.75, 3.05) is 13.2 Å². The lowest BCUT2D eigenvalue weighted by Gasteiger charge is -2.42. The highest BCUT2D eigenvalue weighted by Gasteiger charge is 2.52. The Bertz CT molecular complexity index is 1140. The summed E-state index contributed by atoms with van der Waals surface area (Å²) in [6.45, 7) is -1.24. The number of carbonyl (C=O) groups is 3.